The highest BCUT2D eigenvalue weighted by Gasteiger charge is 2.24. The van der Waals surface area contributed by atoms with Crippen molar-refractivity contribution in [2.75, 3.05) is 31.6 Å². The van der Waals surface area contributed by atoms with Crippen LogP contribution in [-0.2, 0) is 4.79 Å². The Kier molecular flexibility index (Phi) is 9.39. The lowest BCUT2D eigenvalue weighted by molar-refractivity contribution is -0.122. The minimum absolute atomic E-state index is 0. The molecule has 2 heterocycles. The van der Waals surface area contributed by atoms with E-state index in [4.69, 9.17) is 4.74 Å². The van der Waals surface area contributed by atoms with Crippen LogP contribution in [-0.4, -0.2) is 44.7 Å². The van der Waals surface area contributed by atoms with Crippen molar-refractivity contribution in [3.05, 3.63) is 24.3 Å². The van der Waals surface area contributed by atoms with Gasteiger partial charge in [-0.2, -0.15) is 0 Å². The van der Waals surface area contributed by atoms with E-state index in [1.54, 1.807) is 7.11 Å². The molecular weight excluding hydrogens is 361 g/mol. The minimum atomic E-state index is 0. The van der Waals surface area contributed by atoms with Crippen LogP contribution in [0.4, 0.5) is 5.69 Å². The molecule has 0 bridgehead atoms. The van der Waals surface area contributed by atoms with E-state index in [1.165, 1.54) is 12.1 Å². The number of benzene rings is 1. The number of halogens is 2. The Balaban J connectivity index is 0.00000156. The maximum atomic E-state index is 12.2. The van der Waals surface area contributed by atoms with Gasteiger partial charge in [0, 0.05) is 43.3 Å². The van der Waals surface area contributed by atoms with Gasteiger partial charge in [0.2, 0.25) is 5.91 Å². The smallest absolute Gasteiger partial charge is 0.221 e. The number of carbonyl (C=O) groups is 1. The van der Waals surface area contributed by atoms with E-state index in [0.717, 1.165) is 44.6 Å². The van der Waals surface area contributed by atoms with Crippen molar-refractivity contribution in [1.82, 2.24) is 10.6 Å². The highest BCUT2D eigenvalue weighted by Crippen LogP contribution is 2.24. The molecule has 0 radical (unpaired) electrons. The number of hydrogen-bond donors (Lipinski definition) is 2. The van der Waals surface area contributed by atoms with Crippen molar-refractivity contribution in [3.8, 4) is 5.75 Å². The van der Waals surface area contributed by atoms with Crippen LogP contribution in [0.3, 0.4) is 0 Å². The third kappa shape index (κ3) is 6.24. The first-order valence-corrected chi connectivity index (χ1v) is 8.66. The monoisotopic (exact) mass is 389 g/mol. The molecule has 2 aliphatic rings. The van der Waals surface area contributed by atoms with E-state index >= 15 is 0 Å². The summed E-state index contributed by atoms with van der Waals surface area (Å²) in [5.41, 5.74) is 1.17. The van der Waals surface area contributed by atoms with E-state index in [0.29, 0.717) is 12.5 Å². The van der Waals surface area contributed by atoms with Gasteiger partial charge in [-0.25, -0.2) is 0 Å². The number of anilines is 1. The number of rotatable bonds is 5. The van der Waals surface area contributed by atoms with E-state index in [-0.39, 0.29) is 36.8 Å². The van der Waals surface area contributed by atoms with Crippen molar-refractivity contribution < 1.29 is 9.53 Å². The van der Waals surface area contributed by atoms with Crippen LogP contribution < -0.4 is 20.3 Å². The predicted molar refractivity (Wildman–Crippen MR) is 107 cm³/mol. The number of piperidine rings is 1. The third-order valence-electron chi connectivity index (χ3n) is 4.80. The number of nitrogens with one attached hydrogen (secondary N) is 2. The molecule has 2 N–H and O–H groups in total. The minimum Gasteiger partial charge on any atom is -0.497 e. The molecule has 2 atom stereocenters. The summed E-state index contributed by atoms with van der Waals surface area (Å²) in [6.07, 6.45) is 5.07. The molecule has 1 aromatic rings. The average molecular weight is 390 g/mol. The van der Waals surface area contributed by atoms with Crippen LogP contribution in [0, 0.1) is 0 Å². The molecule has 5 nitrogen and oxygen atoms in total. The van der Waals surface area contributed by atoms with Crippen LogP contribution in [0.5, 0.6) is 5.75 Å². The molecule has 3 rings (SSSR count). The number of ether oxygens (including phenoxy) is 1. The van der Waals surface area contributed by atoms with Crippen LogP contribution >= 0.6 is 24.8 Å². The van der Waals surface area contributed by atoms with Crippen molar-refractivity contribution in [2.45, 2.75) is 44.2 Å². The van der Waals surface area contributed by atoms with Crippen LogP contribution in [0.25, 0.3) is 0 Å². The number of nitrogens with zero attached hydrogens (tertiary/aromatic N) is 1. The Morgan fingerprint density at radius 2 is 2.16 bits per heavy atom. The molecular formula is C18H29Cl2N3O2. The Bertz CT molecular complexity index is 539. The molecule has 0 aromatic heterocycles. The SMILES string of the molecule is COc1cccc(N2CCCC(NC(=O)CC3CCCN3)C2)c1.Cl.Cl. The zero-order valence-electron chi connectivity index (χ0n) is 14.7. The molecule has 1 amide bonds. The van der Waals surface area contributed by atoms with Gasteiger partial charge >= 0.3 is 0 Å². The van der Waals surface area contributed by atoms with Crippen molar-refractivity contribution >= 4 is 36.4 Å². The van der Waals surface area contributed by atoms with Crippen molar-refractivity contribution in [3.63, 3.8) is 0 Å². The van der Waals surface area contributed by atoms with Gasteiger partial charge in [-0.3, -0.25) is 4.79 Å². The molecule has 0 aliphatic carbocycles. The van der Waals surface area contributed by atoms with Crippen LogP contribution in [0.2, 0.25) is 0 Å². The molecule has 2 unspecified atom stereocenters. The van der Waals surface area contributed by atoms with E-state index in [9.17, 15) is 4.79 Å². The normalized spacial score (nSPS) is 22.5. The zero-order chi connectivity index (χ0) is 16.1. The van der Waals surface area contributed by atoms with E-state index in [1.807, 2.05) is 12.1 Å². The highest BCUT2D eigenvalue weighted by atomic mass is 35.5. The summed E-state index contributed by atoms with van der Waals surface area (Å²) >= 11 is 0. The molecule has 1 aromatic carbocycles. The van der Waals surface area contributed by atoms with Crippen molar-refractivity contribution in [1.29, 1.82) is 0 Å². The predicted octanol–water partition coefficient (Wildman–Crippen LogP) is 2.77. The second kappa shape index (κ2) is 10.7. The van der Waals surface area contributed by atoms with Gasteiger partial charge in [-0.1, -0.05) is 6.07 Å². The molecule has 7 heteroatoms. The topological polar surface area (TPSA) is 53.6 Å². The average Bonchev–Trinajstić information content (AvgIpc) is 3.08. The molecule has 142 valence electrons. The fraction of sp³-hybridized carbons (Fsp3) is 0.611. The van der Waals surface area contributed by atoms with Gasteiger partial charge in [0.05, 0.1) is 7.11 Å². The summed E-state index contributed by atoms with van der Waals surface area (Å²) in [7, 11) is 1.69. The maximum Gasteiger partial charge on any atom is 0.221 e. The lowest BCUT2D eigenvalue weighted by Gasteiger charge is -2.35. The van der Waals surface area contributed by atoms with Gasteiger partial charge in [0.1, 0.15) is 5.75 Å². The summed E-state index contributed by atoms with van der Waals surface area (Å²) in [5.74, 6) is 1.06. The summed E-state index contributed by atoms with van der Waals surface area (Å²) in [6, 6.07) is 8.75. The van der Waals surface area contributed by atoms with Crippen molar-refractivity contribution in [2.24, 2.45) is 0 Å². The number of carbonyl (C=O) groups excluding carboxylic acids is 1. The largest absolute Gasteiger partial charge is 0.497 e. The standard InChI is InChI=1S/C18H27N3O2.2ClH/c1-23-17-8-2-7-16(12-17)21-10-4-6-15(13-21)20-18(22)11-14-5-3-9-19-14;;/h2,7-8,12,14-15,19H,3-6,9-11,13H2,1H3,(H,20,22);2*1H. The maximum absolute atomic E-state index is 12.2. The molecule has 2 fully saturated rings. The molecule has 25 heavy (non-hydrogen) atoms. The quantitative estimate of drug-likeness (QED) is 0.812. The molecule has 2 aliphatic heterocycles. The first-order chi connectivity index (χ1) is 11.2. The first-order valence-electron chi connectivity index (χ1n) is 8.66. The van der Waals surface area contributed by atoms with Crippen LogP contribution in [0.1, 0.15) is 32.1 Å². The Morgan fingerprint density at radius 3 is 2.88 bits per heavy atom. The second-order valence-corrected chi connectivity index (χ2v) is 6.55. The van der Waals surface area contributed by atoms with Gasteiger partial charge in [-0.15, -0.1) is 24.8 Å². The fourth-order valence-corrected chi connectivity index (χ4v) is 3.58. The van der Waals surface area contributed by atoms with Gasteiger partial charge in [-0.05, 0) is 44.4 Å². The summed E-state index contributed by atoms with van der Waals surface area (Å²) < 4.78 is 5.31. The molecule has 0 spiro atoms. The zero-order valence-corrected chi connectivity index (χ0v) is 16.3. The highest BCUT2D eigenvalue weighted by molar-refractivity contribution is 5.85. The summed E-state index contributed by atoms with van der Waals surface area (Å²) in [5, 5.41) is 6.61. The lowest BCUT2D eigenvalue weighted by atomic mass is 10.0. The Morgan fingerprint density at radius 1 is 1.32 bits per heavy atom. The number of methoxy groups -OCH3 is 1. The summed E-state index contributed by atoms with van der Waals surface area (Å²) in [6.45, 7) is 2.95. The lowest BCUT2D eigenvalue weighted by Crippen LogP contribution is -2.48. The van der Waals surface area contributed by atoms with E-state index < -0.39 is 0 Å². The third-order valence-corrected chi connectivity index (χ3v) is 4.80. The van der Waals surface area contributed by atoms with Gasteiger partial charge in [0.15, 0.2) is 0 Å². The first kappa shape index (κ1) is 21.9. The molecule has 2 saturated heterocycles. The van der Waals surface area contributed by atoms with Gasteiger partial charge < -0.3 is 20.3 Å². The Hall–Kier alpha value is -1.17. The van der Waals surface area contributed by atoms with E-state index in [2.05, 4.69) is 27.7 Å². The summed E-state index contributed by atoms with van der Waals surface area (Å²) in [4.78, 5) is 14.6. The molecule has 0 saturated carbocycles. The second-order valence-electron chi connectivity index (χ2n) is 6.55. The number of hydrogen-bond acceptors (Lipinski definition) is 4. The fourth-order valence-electron chi connectivity index (χ4n) is 3.58. The Labute approximate surface area is 162 Å². The van der Waals surface area contributed by atoms with Gasteiger partial charge in [0.25, 0.3) is 0 Å². The van der Waals surface area contributed by atoms with Crippen LogP contribution in [0.15, 0.2) is 24.3 Å². The number of amides is 1.